The summed E-state index contributed by atoms with van der Waals surface area (Å²) in [6.07, 6.45) is 6.22. The van der Waals surface area contributed by atoms with E-state index in [1.54, 1.807) is 23.9 Å². The van der Waals surface area contributed by atoms with Crippen molar-refractivity contribution < 1.29 is 14.0 Å². The van der Waals surface area contributed by atoms with E-state index >= 15 is 0 Å². The molecule has 2 heterocycles. The van der Waals surface area contributed by atoms with Crippen molar-refractivity contribution in [1.82, 2.24) is 14.7 Å². The third kappa shape index (κ3) is 5.37. The number of nitrogens with zero attached hydrogens (tertiary/aromatic N) is 3. The summed E-state index contributed by atoms with van der Waals surface area (Å²) in [6, 6.07) is 14.4. The Hall–Kier alpha value is -2.64. The van der Waals surface area contributed by atoms with Gasteiger partial charge in [0.2, 0.25) is 0 Å². The van der Waals surface area contributed by atoms with Gasteiger partial charge >= 0.3 is 0 Å². The van der Waals surface area contributed by atoms with Crippen molar-refractivity contribution in [1.29, 1.82) is 0 Å². The summed E-state index contributed by atoms with van der Waals surface area (Å²) in [5.74, 6) is -0.229. The fourth-order valence-electron chi connectivity index (χ4n) is 5.49. The van der Waals surface area contributed by atoms with Gasteiger partial charge in [-0.05, 0) is 49.2 Å². The summed E-state index contributed by atoms with van der Waals surface area (Å²) in [5.41, 5.74) is 2.14. The topological polar surface area (TPSA) is 43.9 Å². The minimum atomic E-state index is -0.266. The summed E-state index contributed by atoms with van der Waals surface area (Å²) >= 11 is 1.67. The van der Waals surface area contributed by atoms with Crippen molar-refractivity contribution in [3.05, 3.63) is 75.9 Å². The lowest BCUT2D eigenvalue weighted by Crippen LogP contribution is -2.50. The first-order valence-electron chi connectivity index (χ1n) is 13.1. The molecular formula is C29H34FN3O2S. The molecule has 2 aromatic carbocycles. The lowest BCUT2D eigenvalue weighted by Gasteiger charge is -2.44. The van der Waals surface area contributed by atoms with E-state index in [0.717, 1.165) is 64.0 Å². The largest absolute Gasteiger partial charge is 0.336 e. The molecule has 0 radical (unpaired) electrons. The predicted octanol–water partition coefficient (Wildman–Crippen LogP) is 5.03. The van der Waals surface area contributed by atoms with Crippen LogP contribution in [0, 0.1) is 5.82 Å². The molecule has 1 saturated carbocycles. The zero-order chi connectivity index (χ0) is 25.1. The smallest absolute Gasteiger partial charge is 0.260 e. The molecule has 0 spiro atoms. The number of halogens is 1. The quantitative estimate of drug-likeness (QED) is 0.533. The molecular weight excluding hydrogens is 473 g/mol. The van der Waals surface area contributed by atoms with Gasteiger partial charge < -0.3 is 14.7 Å². The molecule has 0 bridgehead atoms. The molecule has 2 unspecified atom stereocenters. The fourth-order valence-corrected chi connectivity index (χ4v) is 6.97. The highest BCUT2D eigenvalue weighted by atomic mass is 32.2. The molecule has 7 heteroatoms. The fraction of sp³-hybridized carbons (Fsp3) is 0.448. The molecule has 190 valence electrons. The van der Waals surface area contributed by atoms with Crippen LogP contribution in [0.5, 0.6) is 0 Å². The molecule has 5 rings (SSSR count). The van der Waals surface area contributed by atoms with Crippen molar-refractivity contribution in [3.63, 3.8) is 0 Å². The lowest BCUT2D eigenvalue weighted by atomic mass is 9.92. The van der Waals surface area contributed by atoms with E-state index in [1.165, 1.54) is 6.07 Å². The SMILES string of the molecule is CCN1CCN(C(=O)c2ccc(/C=C3\SC4CCCCC4N(Cc4ccccc4F)C3=O)cc2)CC1. The summed E-state index contributed by atoms with van der Waals surface area (Å²) in [7, 11) is 0. The van der Waals surface area contributed by atoms with Gasteiger partial charge in [0, 0.05) is 55.1 Å². The number of fused-ring (bicyclic) bond motifs is 1. The second-order valence-electron chi connectivity index (χ2n) is 9.89. The monoisotopic (exact) mass is 507 g/mol. The van der Waals surface area contributed by atoms with Crippen LogP contribution < -0.4 is 0 Å². The first-order valence-corrected chi connectivity index (χ1v) is 14.0. The number of hydrogen-bond acceptors (Lipinski definition) is 4. The first kappa shape index (κ1) is 25.0. The van der Waals surface area contributed by atoms with Gasteiger partial charge in [0.25, 0.3) is 11.8 Å². The Labute approximate surface area is 217 Å². The van der Waals surface area contributed by atoms with E-state index in [4.69, 9.17) is 0 Å². The highest BCUT2D eigenvalue weighted by molar-refractivity contribution is 8.04. The van der Waals surface area contributed by atoms with Crippen molar-refractivity contribution >= 4 is 29.7 Å². The van der Waals surface area contributed by atoms with Gasteiger partial charge in [0.05, 0.1) is 4.91 Å². The van der Waals surface area contributed by atoms with Crippen LogP contribution in [-0.4, -0.2) is 70.5 Å². The molecule has 2 saturated heterocycles. The second kappa shape index (κ2) is 11.2. The standard InChI is InChI=1S/C29H34FN3O2S/c1-2-31-15-17-32(18-16-31)28(34)22-13-11-21(12-14-22)19-27-29(35)33(20-23-7-3-4-8-24(23)30)25-9-5-6-10-26(25)36-27/h3-4,7-8,11-14,19,25-26H,2,5-6,9-10,15-18,20H2,1H3/b27-19-. The molecule has 3 fully saturated rings. The Kier molecular flexibility index (Phi) is 7.77. The summed E-state index contributed by atoms with van der Waals surface area (Å²) < 4.78 is 14.4. The third-order valence-corrected chi connectivity index (χ3v) is 9.08. The minimum absolute atomic E-state index is 0.0275. The average Bonchev–Trinajstić information content (AvgIpc) is 2.92. The Balaban J connectivity index is 1.33. The van der Waals surface area contributed by atoms with E-state index in [-0.39, 0.29) is 23.7 Å². The number of likely N-dealkylation sites (N-methyl/N-ethyl adjacent to an activating group) is 1. The Morgan fingerprint density at radius 3 is 2.47 bits per heavy atom. The number of piperazine rings is 1. The van der Waals surface area contributed by atoms with Crippen LogP contribution in [0.1, 0.15) is 54.1 Å². The highest BCUT2D eigenvalue weighted by Crippen LogP contribution is 2.42. The minimum Gasteiger partial charge on any atom is -0.336 e. The second-order valence-corrected chi connectivity index (χ2v) is 11.2. The zero-order valence-electron chi connectivity index (χ0n) is 20.9. The van der Waals surface area contributed by atoms with Crippen molar-refractivity contribution in [2.45, 2.75) is 50.4 Å². The van der Waals surface area contributed by atoms with Gasteiger partial charge in [-0.3, -0.25) is 9.59 Å². The van der Waals surface area contributed by atoms with Crippen LogP contribution in [0.25, 0.3) is 6.08 Å². The Bertz CT molecular complexity index is 1130. The zero-order valence-corrected chi connectivity index (χ0v) is 21.7. The maximum atomic E-state index is 14.4. The van der Waals surface area contributed by atoms with Crippen molar-refractivity contribution in [2.24, 2.45) is 0 Å². The van der Waals surface area contributed by atoms with E-state index in [9.17, 15) is 14.0 Å². The van der Waals surface area contributed by atoms with Crippen molar-refractivity contribution in [3.8, 4) is 0 Å². The lowest BCUT2D eigenvalue weighted by molar-refractivity contribution is -0.130. The molecule has 2 aliphatic heterocycles. The third-order valence-electron chi connectivity index (χ3n) is 7.68. The van der Waals surface area contributed by atoms with Gasteiger partial charge in [-0.25, -0.2) is 4.39 Å². The number of thioether (sulfide) groups is 1. The van der Waals surface area contributed by atoms with Gasteiger partial charge in [0.15, 0.2) is 0 Å². The molecule has 1 aliphatic carbocycles. The molecule has 0 N–H and O–H groups in total. The highest BCUT2D eigenvalue weighted by Gasteiger charge is 2.40. The van der Waals surface area contributed by atoms with Gasteiger partial charge in [-0.15, -0.1) is 11.8 Å². The van der Waals surface area contributed by atoms with Crippen LogP contribution in [-0.2, 0) is 11.3 Å². The molecule has 3 aliphatic rings. The molecule has 2 aromatic rings. The summed E-state index contributed by atoms with van der Waals surface area (Å²) in [5, 5.41) is 0.331. The predicted molar refractivity (Wildman–Crippen MR) is 143 cm³/mol. The number of rotatable bonds is 5. The number of benzene rings is 2. The molecule has 0 aromatic heterocycles. The number of carbonyl (C=O) groups excluding carboxylic acids is 2. The summed E-state index contributed by atoms with van der Waals surface area (Å²) in [4.78, 5) is 33.4. The van der Waals surface area contributed by atoms with Crippen LogP contribution >= 0.6 is 11.8 Å². The Morgan fingerprint density at radius 2 is 1.75 bits per heavy atom. The molecule has 2 atom stereocenters. The number of carbonyl (C=O) groups is 2. The first-order chi connectivity index (χ1) is 17.5. The van der Waals surface area contributed by atoms with Crippen LogP contribution in [0.15, 0.2) is 53.4 Å². The molecule has 36 heavy (non-hydrogen) atoms. The van der Waals surface area contributed by atoms with Gasteiger partial charge in [-0.2, -0.15) is 0 Å². The number of amides is 2. The van der Waals surface area contributed by atoms with E-state index < -0.39 is 0 Å². The van der Waals surface area contributed by atoms with E-state index in [0.29, 0.717) is 27.8 Å². The van der Waals surface area contributed by atoms with Gasteiger partial charge in [0.1, 0.15) is 5.82 Å². The maximum absolute atomic E-state index is 14.4. The molecule has 2 amide bonds. The summed E-state index contributed by atoms with van der Waals surface area (Å²) in [6.45, 7) is 6.79. The molecule has 5 nitrogen and oxygen atoms in total. The number of hydrogen-bond donors (Lipinski definition) is 0. The maximum Gasteiger partial charge on any atom is 0.260 e. The van der Waals surface area contributed by atoms with E-state index in [2.05, 4.69) is 11.8 Å². The van der Waals surface area contributed by atoms with Crippen LogP contribution in [0.3, 0.4) is 0 Å². The van der Waals surface area contributed by atoms with Gasteiger partial charge in [-0.1, -0.05) is 50.1 Å². The van der Waals surface area contributed by atoms with Crippen molar-refractivity contribution in [2.75, 3.05) is 32.7 Å². The van der Waals surface area contributed by atoms with Crippen LogP contribution in [0.2, 0.25) is 0 Å². The van der Waals surface area contributed by atoms with Crippen LogP contribution in [0.4, 0.5) is 4.39 Å². The van der Waals surface area contributed by atoms with E-state index in [1.807, 2.05) is 46.2 Å². The average molecular weight is 508 g/mol. The normalized spacial score (nSPS) is 24.2. The Morgan fingerprint density at radius 1 is 1.03 bits per heavy atom.